The van der Waals surface area contributed by atoms with E-state index < -0.39 is 0 Å². The molecule has 0 bridgehead atoms. The van der Waals surface area contributed by atoms with E-state index in [9.17, 15) is 0 Å². The van der Waals surface area contributed by atoms with Gasteiger partial charge >= 0.3 is 0 Å². The van der Waals surface area contributed by atoms with Gasteiger partial charge in [-0.3, -0.25) is 0 Å². The summed E-state index contributed by atoms with van der Waals surface area (Å²) >= 11 is 7.02. The van der Waals surface area contributed by atoms with Gasteiger partial charge in [-0.25, -0.2) is 0 Å². The topological polar surface area (TPSA) is 9.23 Å². The molecule has 0 radical (unpaired) electrons. The molecule has 0 aliphatic heterocycles. The highest BCUT2D eigenvalue weighted by molar-refractivity contribution is 9.10. The predicted octanol–water partition coefficient (Wildman–Crippen LogP) is 6.57. The summed E-state index contributed by atoms with van der Waals surface area (Å²) in [5.41, 5.74) is 3.85. The molecule has 20 heavy (non-hydrogen) atoms. The molecule has 0 heterocycles. The third kappa shape index (κ3) is 3.64. The number of hydrogen-bond acceptors (Lipinski definition) is 1. The zero-order chi connectivity index (χ0) is 14.7. The molecule has 0 unspecified atom stereocenters. The molecule has 0 saturated heterocycles. The molecule has 0 N–H and O–H groups in total. The standard InChI is InChI=1S/C17H18Br2O/c1-11(2)16-7-6-14(8-12(16)3)20-15-5-4-13(10-18)17(19)9-15/h4-9,11H,10H2,1-3H3. The van der Waals surface area contributed by atoms with Crippen LogP contribution in [0.5, 0.6) is 11.5 Å². The van der Waals surface area contributed by atoms with Crippen LogP contribution >= 0.6 is 31.9 Å². The van der Waals surface area contributed by atoms with Crippen LogP contribution in [0.2, 0.25) is 0 Å². The van der Waals surface area contributed by atoms with E-state index in [2.05, 4.69) is 70.8 Å². The fourth-order valence-electron chi connectivity index (χ4n) is 2.20. The van der Waals surface area contributed by atoms with E-state index in [1.54, 1.807) is 0 Å². The van der Waals surface area contributed by atoms with Crippen molar-refractivity contribution in [3.05, 3.63) is 57.6 Å². The second-order valence-corrected chi connectivity index (χ2v) is 6.58. The summed E-state index contributed by atoms with van der Waals surface area (Å²) < 4.78 is 6.99. The minimum absolute atomic E-state index is 0.538. The average molecular weight is 398 g/mol. The molecule has 2 aromatic carbocycles. The van der Waals surface area contributed by atoms with E-state index in [4.69, 9.17) is 4.74 Å². The molecular weight excluding hydrogens is 380 g/mol. The minimum atomic E-state index is 0.538. The van der Waals surface area contributed by atoms with Crippen LogP contribution in [0.4, 0.5) is 0 Å². The summed E-state index contributed by atoms with van der Waals surface area (Å²) in [4.78, 5) is 0. The quantitative estimate of drug-likeness (QED) is 0.530. The highest BCUT2D eigenvalue weighted by atomic mass is 79.9. The Bertz CT molecular complexity index is 606. The van der Waals surface area contributed by atoms with Crippen molar-refractivity contribution >= 4 is 31.9 Å². The van der Waals surface area contributed by atoms with E-state index in [-0.39, 0.29) is 0 Å². The predicted molar refractivity (Wildman–Crippen MR) is 92.1 cm³/mol. The number of hydrogen-bond donors (Lipinski definition) is 0. The van der Waals surface area contributed by atoms with E-state index in [0.29, 0.717) is 5.92 Å². The van der Waals surface area contributed by atoms with Crippen molar-refractivity contribution in [3.8, 4) is 11.5 Å². The molecule has 1 nitrogen and oxygen atoms in total. The lowest BCUT2D eigenvalue weighted by atomic mass is 9.98. The maximum Gasteiger partial charge on any atom is 0.128 e. The number of halogens is 2. The maximum atomic E-state index is 5.93. The highest BCUT2D eigenvalue weighted by Gasteiger charge is 2.06. The maximum absolute atomic E-state index is 5.93. The van der Waals surface area contributed by atoms with Crippen LogP contribution in [0, 0.1) is 6.92 Å². The van der Waals surface area contributed by atoms with Crippen molar-refractivity contribution in [1.82, 2.24) is 0 Å². The third-order valence-electron chi connectivity index (χ3n) is 3.27. The summed E-state index contributed by atoms with van der Waals surface area (Å²) in [5, 5.41) is 0.829. The SMILES string of the molecule is Cc1cc(Oc2ccc(CBr)c(Br)c2)ccc1C(C)C. The van der Waals surface area contributed by atoms with Crippen molar-refractivity contribution in [3.63, 3.8) is 0 Å². The normalized spacial score (nSPS) is 10.9. The smallest absolute Gasteiger partial charge is 0.128 e. The first-order valence-corrected chi connectivity index (χ1v) is 8.55. The van der Waals surface area contributed by atoms with Gasteiger partial charge in [0.2, 0.25) is 0 Å². The molecule has 3 heteroatoms. The zero-order valence-corrected chi connectivity index (χ0v) is 15.1. The van der Waals surface area contributed by atoms with Gasteiger partial charge in [0.25, 0.3) is 0 Å². The summed E-state index contributed by atoms with van der Waals surface area (Å²) in [6.45, 7) is 6.55. The van der Waals surface area contributed by atoms with E-state index >= 15 is 0 Å². The second-order valence-electron chi connectivity index (χ2n) is 5.16. The lowest BCUT2D eigenvalue weighted by molar-refractivity contribution is 0.481. The zero-order valence-electron chi connectivity index (χ0n) is 11.9. The fourth-order valence-corrected chi connectivity index (χ4v) is 3.56. The van der Waals surface area contributed by atoms with Crippen molar-refractivity contribution in [2.24, 2.45) is 0 Å². The molecule has 106 valence electrons. The molecule has 2 aromatic rings. The summed E-state index contributed by atoms with van der Waals surface area (Å²) in [7, 11) is 0. The Labute approximate surface area is 137 Å². The molecule has 2 rings (SSSR count). The molecule has 0 fully saturated rings. The van der Waals surface area contributed by atoms with Gasteiger partial charge in [0.15, 0.2) is 0 Å². The number of benzene rings is 2. The first kappa shape index (κ1) is 15.6. The Morgan fingerprint density at radius 1 is 1.05 bits per heavy atom. The van der Waals surface area contributed by atoms with Gasteiger partial charge < -0.3 is 4.74 Å². The Morgan fingerprint density at radius 3 is 2.25 bits per heavy atom. The van der Waals surface area contributed by atoms with Gasteiger partial charge in [-0.1, -0.05) is 57.8 Å². The first-order chi connectivity index (χ1) is 9.51. The third-order valence-corrected chi connectivity index (χ3v) is 4.61. The van der Waals surface area contributed by atoms with Crippen molar-refractivity contribution in [2.45, 2.75) is 32.0 Å². The molecule has 0 aliphatic carbocycles. The number of aryl methyl sites for hydroxylation is 1. The van der Waals surface area contributed by atoms with Crippen LogP contribution in [0.3, 0.4) is 0 Å². The van der Waals surface area contributed by atoms with E-state index in [0.717, 1.165) is 21.3 Å². The van der Waals surface area contributed by atoms with Gasteiger partial charge in [0.05, 0.1) is 0 Å². The number of rotatable bonds is 4. The van der Waals surface area contributed by atoms with Crippen molar-refractivity contribution < 1.29 is 4.74 Å². The van der Waals surface area contributed by atoms with Gasteiger partial charge in [0.1, 0.15) is 11.5 Å². The lowest BCUT2D eigenvalue weighted by Gasteiger charge is -2.13. The summed E-state index contributed by atoms with van der Waals surface area (Å²) in [6, 6.07) is 12.3. The van der Waals surface area contributed by atoms with Gasteiger partial charge in [-0.05, 0) is 53.8 Å². The number of alkyl halides is 1. The molecular formula is C17H18Br2O. The summed E-state index contributed by atoms with van der Waals surface area (Å²) in [6.07, 6.45) is 0. The van der Waals surface area contributed by atoms with Crippen molar-refractivity contribution in [2.75, 3.05) is 0 Å². The molecule has 0 spiro atoms. The summed E-state index contributed by atoms with van der Waals surface area (Å²) in [5.74, 6) is 2.26. The Balaban J connectivity index is 2.22. The number of ether oxygens (including phenoxy) is 1. The van der Waals surface area contributed by atoms with Gasteiger partial charge in [0, 0.05) is 9.80 Å². The van der Waals surface area contributed by atoms with E-state index in [1.165, 1.54) is 16.7 Å². The molecule has 0 aliphatic rings. The van der Waals surface area contributed by atoms with Crippen molar-refractivity contribution in [1.29, 1.82) is 0 Å². The Hall–Kier alpha value is -0.800. The Kier molecular flexibility index (Phi) is 5.28. The lowest BCUT2D eigenvalue weighted by Crippen LogP contribution is -1.93. The molecule has 0 atom stereocenters. The average Bonchev–Trinajstić information content (AvgIpc) is 2.38. The monoisotopic (exact) mass is 396 g/mol. The highest BCUT2D eigenvalue weighted by Crippen LogP contribution is 2.30. The molecule has 0 amide bonds. The largest absolute Gasteiger partial charge is 0.457 e. The van der Waals surface area contributed by atoms with Gasteiger partial charge in [-0.15, -0.1) is 0 Å². The molecule has 0 aromatic heterocycles. The van der Waals surface area contributed by atoms with Gasteiger partial charge in [-0.2, -0.15) is 0 Å². The minimum Gasteiger partial charge on any atom is -0.457 e. The van der Waals surface area contributed by atoms with Crippen LogP contribution in [0.25, 0.3) is 0 Å². The van der Waals surface area contributed by atoms with E-state index in [1.807, 2.05) is 18.2 Å². The Morgan fingerprint density at radius 2 is 1.70 bits per heavy atom. The molecule has 0 saturated carbocycles. The fraction of sp³-hybridized carbons (Fsp3) is 0.294. The first-order valence-electron chi connectivity index (χ1n) is 6.64. The second kappa shape index (κ2) is 6.77. The van der Waals surface area contributed by atoms with Crippen LogP contribution in [0.15, 0.2) is 40.9 Å². The van der Waals surface area contributed by atoms with Crippen LogP contribution in [-0.2, 0) is 5.33 Å². The van der Waals surface area contributed by atoms with Crippen LogP contribution in [-0.4, -0.2) is 0 Å². The van der Waals surface area contributed by atoms with Crippen LogP contribution < -0.4 is 4.74 Å². The van der Waals surface area contributed by atoms with Crippen LogP contribution in [0.1, 0.15) is 36.5 Å².